The van der Waals surface area contributed by atoms with Gasteiger partial charge in [-0.2, -0.15) is 24.9 Å². The van der Waals surface area contributed by atoms with E-state index in [4.69, 9.17) is 4.74 Å². The van der Waals surface area contributed by atoms with Gasteiger partial charge in [0.05, 0.1) is 11.3 Å². The number of carbonyl (C=O) groups excluding carboxylic acids is 1. The first-order valence-corrected chi connectivity index (χ1v) is 12.7. The third-order valence-electron chi connectivity index (χ3n) is 6.04. The number of nitrogens with one attached hydrogen (secondary N) is 1. The molecule has 37 heavy (non-hydrogen) atoms. The van der Waals surface area contributed by atoms with Crippen LogP contribution in [0.25, 0.3) is 0 Å². The Morgan fingerprint density at radius 3 is 2.65 bits per heavy atom. The van der Waals surface area contributed by atoms with Crippen molar-refractivity contribution in [1.29, 1.82) is 0 Å². The van der Waals surface area contributed by atoms with E-state index in [0.29, 0.717) is 30.3 Å². The highest BCUT2D eigenvalue weighted by atomic mass is 35.5. The third kappa shape index (κ3) is 6.65. The molecule has 12 heteroatoms. The van der Waals surface area contributed by atoms with Gasteiger partial charge in [-0.05, 0) is 48.4 Å². The number of amides is 2. The summed E-state index contributed by atoms with van der Waals surface area (Å²) in [6.07, 6.45) is -2.38. The number of fused-ring (bicyclic) bond motifs is 1. The van der Waals surface area contributed by atoms with Gasteiger partial charge < -0.3 is 10.1 Å². The molecule has 2 amide bonds. The smallest absolute Gasteiger partial charge is 0.416 e. The Bertz CT molecular complexity index is 1260. The zero-order valence-electron chi connectivity index (χ0n) is 19.7. The predicted octanol–water partition coefficient (Wildman–Crippen LogP) is 5.85. The molecule has 0 bridgehead atoms. The second-order valence-electron chi connectivity index (χ2n) is 8.54. The Balaban J connectivity index is 0.00000320. The fourth-order valence-electron chi connectivity index (χ4n) is 4.25. The maximum Gasteiger partial charge on any atom is 0.416 e. The number of rotatable bonds is 5. The van der Waals surface area contributed by atoms with E-state index in [9.17, 15) is 18.0 Å². The van der Waals surface area contributed by atoms with Crippen LogP contribution in [-0.2, 0) is 19.1 Å². The Morgan fingerprint density at radius 1 is 1.05 bits per heavy atom. The molecule has 0 unspecified atom stereocenters. The minimum atomic E-state index is -4.48. The van der Waals surface area contributed by atoms with Crippen LogP contribution >= 0.6 is 24.2 Å². The van der Waals surface area contributed by atoms with Crippen LogP contribution in [0.5, 0.6) is 11.6 Å². The fraction of sp³-hybridized carbons (Fsp3) is 0.320. The number of hydrogen-bond donors (Lipinski definition) is 1. The molecule has 0 saturated carbocycles. The first-order valence-electron chi connectivity index (χ1n) is 11.5. The number of urea groups is 1. The van der Waals surface area contributed by atoms with Crippen molar-refractivity contribution in [1.82, 2.24) is 14.9 Å². The number of carbonyl (C=O) groups is 1. The molecule has 1 saturated heterocycles. The number of ether oxygens (including phenoxy) is 1. The first kappa shape index (κ1) is 27.0. The van der Waals surface area contributed by atoms with Crippen LogP contribution in [0, 0.1) is 0 Å². The normalized spacial score (nSPS) is 15.6. The lowest BCUT2D eigenvalue weighted by atomic mass is 10.1. The molecule has 3 aromatic rings. The highest BCUT2D eigenvalue weighted by Crippen LogP contribution is 2.34. The molecule has 7 nitrogen and oxygen atoms in total. The molecule has 3 heterocycles. The highest BCUT2D eigenvalue weighted by Gasteiger charge is 2.31. The van der Waals surface area contributed by atoms with E-state index >= 15 is 0 Å². The van der Waals surface area contributed by atoms with E-state index in [1.54, 1.807) is 12.1 Å². The van der Waals surface area contributed by atoms with Crippen molar-refractivity contribution in [2.45, 2.75) is 19.1 Å². The summed E-state index contributed by atoms with van der Waals surface area (Å²) in [5.41, 5.74) is 1.77. The van der Waals surface area contributed by atoms with Gasteiger partial charge in [-0.25, -0.2) is 14.8 Å². The highest BCUT2D eigenvalue weighted by molar-refractivity contribution is 7.99. The summed E-state index contributed by atoms with van der Waals surface area (Å²) >= 11 is 1.96. The SMILES string of the molecule is Cl.O=C(Nc1cccc(C(F)(F)F)c1)N1CCc2cc(Oc3cc(CN4CCSCC4)ncn3)ccc21. The fourth-order valence-corrected chi connectivity index (χ4v) is 5.22. The Hall–Kier alpha value is -3.02. The van der Waals surface area contributed by atoms with E-state index in [-0.39, 0.29) is 18.1 Å². The number of nitrogens with zero attached hydrogens (tertiary/aromatic N) is 4. The van der Waals surface area contributed by atoms with Gasteiger partial charge in [-0.1, -0.05) is 6.07 Å². The molecule has 2 aromatic carbocycles. The van der Waals surface area contributed by atoms with E-state index < -0.39 is 17.8 Å². The van der Waals surface area contributed by atoms with Gasteiger partial charge in [0, 0.05) is 55.1 Å². The number of thioether (sulfide) groups is 1. The largest absolute Gasteiger partial charge is 0.439 e. The summed E-state index contributed by atoms with van der Waals surface area (Å²) in [6, 6.07) is 11.3. The minimum absolute atomic E-state index is 0. The van der Waals surface area contributed by atoms with Crippen LogP contribution in [-0.4, -0.2) is 52.0 Å². The summed E-state index contributed by atoms with van der Waals surface area (Å²) in [4.78, 5) is 25.3. The van der Waals surface area contributed by atoms with Crippen molar-refractivity contribution in [3.05, 3.63) is 71.7 Å². The summed E-state index contributed by atoms with van der Waals surface area (Å²) in [7, 11) is 0. The van der Waals surface area contributed by atoms with Gasteiger partial charge in [0.15, 0.2) is 0 Å². The van der Waals surface area contributed by atoms with Crippen molar-refractivity contribution in [3.8, 4) is 11.6 Å². The molecule has 1 fully saturated rings. The Morgan fingerprint density at radius 2 is 1.86 bits per heavy atom. The molecule has 1 aromatic heterocycles. The van der Waals surface area contributed by atoms with Crippen LogP contribution in [0.4, 0.5) is 29.3 Å². The van der Waals surface area contributed by atoms with Gasteiger partial charge in [-0.15, -0.1) is 12.4 Å². The lowest BCUT2D eigenvalue weighted by Crippen LogP contribution is -2.33. The van der Waals surface area contributed by atoms with Crippen molar-refractivity contribution in [2.75, 3.05) is 41.4 Å². The summed E-state index contributed by atoms with van der Waals surface area (Å²) in [5.74, 6) is 3.29. The van der Waals surface area contributed by atoms with E-state index in [0.717, 1.165) is 54.5 Å². The van der Waals surface area contributed by atoms with Gasteiger partial charge in [0.2, 0.25) is 5.88 Å². The van der Waals surface area contributed by atoms with Crippen LogP contribution in [0.1, 0.15) is 16.8 Å². The first-order chi connectivity index (χ1) is 17.3. The molecule has 196 valence electrons. The quantitative estimate of drug-likeness (QED) is 0.429. The predicted molar refractivity (Wildman–Crippen MR) is 140 cm³/mol. The number of halogens is 4. The zero-order valence-corrected chi connectivity index (χ0v) is 21.3. The Labute approximate surface area is 222 Å². The zero-order chi connectivity index (χ0) is 25.1. The molecule has 0 spiro atoms. The van der Waals surface area contributed by atoms with Crippen LogP contribution in [0.3, 0.4) is 0 Å². The number of aromatic nitrogens is 2. The maximum atomic E-state index is 13.0. The van der Waals surface area contributed by atoms with Gasteiger partial charge >= 0.3 is 12.2 Å². The lowest BCUT2D eigenvalue weighted by molar-refractivity contribution is -0.137. The van der Waals surface area contributed by atoms with Crippen molar-refractivity contribution >= 4 is 41.6 Å². The number of alkyl halides is 3. The molecule has 0 atom stereocenters. The number of hydrogen-bond acceptors (Lipinski definition) is 6. The summed E-state index contributed by atoms with van der Waals surface area (Å²) in [6.45, 7) is 3.23. The van der Waals surface area contributed by atoms with Gasteiger partial charge in [0.25, 0.3) is 0 Å². The summed E-state index contributed by atoms with van der Waals surface area (Å²) in [5, 5.41) is 2.56. The van der Waals surface area contributed by atoms with Gasteiger partial charge in [-0.3, -0.25) is 9.80 Å². The average Bonchev–Trinajstić information content (AvgIpc) is 3.28. The second kappa shape index (κ2) is 11.6. The van der Waals surface area contributed by atoms with E-state index in [2.05, 4.69) is 20.2 Å². The average molecular weight is 552 g/mol. The third-order valence-corrected chi connectivity index (χ3v) is 6.99. The molecule has 2 aliphatic rings. The minimum Gasteiger partial charge on any atom is -0.439 e. The topological polar surface area (TPSA) is 70.6 Å². The van der Waals surface area contributed by atoms with Crippen molar-refractivity contribution in [2.24, 2.45) is 0 Å². The Kier molecular flexibility index (Phi) is 8.46. The van der Waals surface area contributed by atoms with E-state index in [1.807, 2.05) is 23.9 Å². The molecule has 0 aliphatic carbocycles. The maximum absolute atomic E-state index is 13.0. The van der Waals surface area contributed by atoms with Crippen LogP contribution < -0.4 is 15.0 Å². The molecule has 5 rings (SSSR count). The monoisotopic (exact) mass is 551 g/mol. The van der Waals surface area contributed by atoms with Crippen LogP contribution in [0.2, 0.25) is 0 Å². The van der Waals surface area contributed by atoms with E-state index in [1.165, 1.54) is 23.4 Å². The van der Waals surface area contributed by atoms with Crippen molar-refractivity contribution < 1.29 is 22.7 Å². The number of benzene rings is 2. The molecule has 0 radical (unpaired) electrons. The number of anilines is 2. The van der Waals surface area contributed by atoms with Gasteiger partial charge in [0.1, 0.15) is 12.1 Å². The molecule has 1 N–H and O–H groups in total. The van der Waals surface area contributed by atoms with Crippen LogP contribution in [0.15, 0.2) is 54.9 Å². The lowest BCUT2D eigenvalue weighted by Gasteiger charge is -2.25. The molecular formula is C25H25ClF3N5O2S. The standard InChI is InChI=1S/C25H24F3N5O2S.ClH/c26-25(27,28)18-2-1-3-19(13-18)31-24(34)33-7-6-17-12-21(4-5-22(17)33)35-23-14-20(29-16-30-23)15-32-8-10-36-11-9-32;/h1-5,12-14,16H,6-11,15H2,(H,31,34);1H. The molecule has 2 aliphatic heterocycles. The molecular weight excluding hydrogens is 527 g/mol. The van der Waals surface area contributed by atoms with Crippen molar-refractivity contribution in [3.63, 3.8) is 0 Å². The summed E-state index contributed by atoms with van der Waals surface area (Å²) < 4.78 is 44.9. The second-order valence-corrected chi connectivity index (χ2v) is 9.76.